The van der Waals surface area contributed by atoms with Gasteiger partial charge in [-0.05, 0) is 55.5 Å². The number of benzene rings is 1. The fraction of sp³-hybridized carbons (Fsp3) is 0.450. The maximum absolute atomic E-state index is 12.9. The molecule has 1 heterocycles. The standard InChI is InChI=1S/C20H26N2O/c1-13(2)21-12-17-7-10-19(22(20(17)23)18-8-9-18)16-6-5-14(3)15(4)11-16/h5-7,10-11,13,18,21H,8-9,12H2,1-4H3. The van der Waals surface area contributed by atoms with Gasteiger partial charge in [-0.25, -0.2) is 0 Å². The van der Waals surface area contributed by atoms with Crippen LogP contribution in [-0.4, -0.2) is 10.6 Å². The number of rotatable bonds is 5. The Labute approximate surface area is 138 Å². The van der Waals surface area contributed by atoms with E-state index in [-0.39, 0.29) is 5.56 Å². The molecule has 3 heteroatoms. The third kappa shape index (κ3) is 3.40. The number of nitrogens with one attached hydrogen (secondary N) is 1. The summed E-state index contributed by atoms with van der Waals surface area (Å²) in [4.78, 5) is 12.9. The van der Waals surface area contributed by atoms with Crippen molar-refractivity contribution in [1.82, 2.24) is 9.88 Å². The Morgan fingerprint density at radius 2 is 1.87 bits per heavy atom. The second kappa shape index (κ2) is 6.32. The quantitative estimate of drug-likeness (QED) is 0.907. The minimum Gasteiger partial charge on any atom is -0.310 e. The molecule has 2 aromatic rings. The Balaban J connectivity index is 2.05. The summed E-state index contributed by atoms with van der Waals surface area (Å²) in [6.45, 7) is 9.08. The van der Waals surface area contributed by atoms with Crippen LogP contribution in [0.4, 0.5) is 0 Å². The molecule has 0 atom stereocenters. The van der Waals surface area contributed by atoms with Gasteiger partial charge in [-0.1, -0.05) is 32.0 Å². The van der Waals surface area contributed by atoms with Crippen molar-refractivity contribution in [2.75, 3.05) is 0 Å². The molecule has 0 bridgehead atoms. The van der Waals surface area contributed by atoms with Crippen molar-refractivity contribution in [1.29, 1.82) is 0 Å². The Kier molecular flexibility index (Phi) is 4.40. The van der Waals surface area contributed by atoms with Crippen molar-refractivity contribution < 1.29 is 0 Å². The molecular weight excluding hydrogens is 284 g/mol. The van der Waals surface area contributed by atoms with Gasteiger partial charge in [0.1, 0.15) is 0 Å². The minimum absolute atomic E-state index is 0.163. The van der Waals surface area contributed by atoms with Gasteiger partial charge in [0.25, 0.3) is 5.56 Å². The second-order valence-corrected chi connectivity index (χ2v) is 6.98. The van der Waals surface area contributed by atoms with Gasteiger partial charge < -0.3 is 9.88 Å². The topological polar surface area (TPSA) is 34.0 Å². The van der Waals surface area contributed by atoms with E-state index >= 15 is 0 Å². The van der Waals surface area contributed by atoms with Crippen molar-refractivity contribution in [3.63, 3.8) is 0 Å². The van der Waals surface area contributed by atoms with E-state index in [1.54, 1.807) is 0 Å². The van der Waals surface area contributed by atoms with E-state index < -0.39 is 0 Å². The van der Waals surface area contributed by atoms with Gasteiger partial charge in [-0.3, -0.25) is 4.79 Å². The zero-order valence-corrected chi connectivity index (χ0v) is 14.5. The van der Waals surface area contributed by atoms with E-state index in [9.17, 15) is 4.79 Å². The minimum atomic E-state index is 0.163. The molecule has 1 fully saturated rings. The first kappa shape index (κ1) is 16.0. The highest BCUT2D eigenvalue weighted by Crippen LogP contribution is 2.37. The van der Waals surface area contributed by atoms with Crippen LogP contribution in [0.5, 0.6) is 0 Å². The molecule has 1 aromatic heterocycles. The van der Waals surface area contributed by atoms with Gasteiger partial charge >= 0.3 is 0 Å². The second-order valence-electron chi connectivity index (χ2n) is 6.98. The summed E-state index contributed by atoms with van der Waals surface area (Å²) in [6, 6.07) is 11.3. The lowest BCUT2D eigenvalue weighted by molar-refractivity contribution is 0.579. The first-order valence-electron chi connectivity index (χ1n) is 8.53. The average molecular weight is 310 g/mol. The summed E-state index contributed by atoms with van der Waals surface area (Å²) in [7, 11) is 0. The van der Waals surface area contributed by atoms with Crippen molar-refractivity contribution in [2.45, 2.75) is 59.2 Å². The van der Waals surface area contributed by atoms with Crippen LogP contribution in [0.2, 0.25) is 0 Å². The molecule has 1 aliphatic rings. The lowest BCUT2D eigenvalue weighted by Crippen LogP contribution is -2.30. The number of aromatic nitrogens is 1. The van der Waals surface area contributed by atoms with Crippen LogP contribution in [0.1, 0.15) is 49.4 Å². The first-order valence-corrected chi connectivity index (χ1v) is 8.53. The maximum atomic E-state index is 12.9. The van der Waals surface area contributed by atoms with Gasteiger partial charge in [-0.15, -0.1) is 0 Å². The Bertz CT molecular complexity index is 770. The van der Waals surface area contributed by atoms with Crippen LogP contribution in [-0.2, 0) is 6.54 Å². The Morgan fingerprint density at radius 3 is 2.48 bits per heavy atom. The van der Waals surface area contributed by atoms with Crippen LogP contribution in [0.3, 0.4) is 0 Å². The van der Waals surface area contributed by atoms with E-state index in [0.717, 1.165) is 29.7 Å². The molecule has 0 amide bonds. The van der Waals surface area contributed by atoms with Gasteiger partial charge in [0.05, 0.1) is 5.69 Å². The lowest BCUT2D eigenvalue weighted by atomic mass is 10.0. The van der Waals surface area contributed by atoms with Crippen molar-refractivity contribution in [3.8, 4) is 11.3 Å². The molecule has 0 unspecified atom stereocenters. The summed E-state index contributed by atoms with van der Waals surface area (Å²) in [5.74, 6) is 0. The Hall–Kier alpha value is -1.87. The van der Waals surface area contributed by atoms with Crippen LogP contribution >= 0.6 is 0 Å². The zero-order valence-electron chi connectivity index (χ0n) is 14.5. The molecule has 0 aliphatic heterocycles. The maximum Gasteiger partial charge on any atom is 0.255 e. The molecule has 1 aromatic carbocycles. The molecule has 1 N–H and O–H groups in total. The number of aryl methyl sites for hydroxylation is 2. The highest BCUT2D eigenvalue weighted by atomic mass is 16.1. The van der Waals surface area contributed by atoms with Crippen molar-refractivity contribution in [3.05, 3.63) is 57.4 Å². The number of hydrogen-bond acceptors (Lipinski definition) is 2. The molecule has 0 saturated heterocycles. The SMILES string of the molecule is Cc1ccc(-c2ccc(CNC(C)C)c(=O)n2C2CC2)cc1C. The third-order valence-corrected chi connectivity index (χ3v) is 4.61. The molecule has 1 saturated carbocycles. The fourth-order valence-electron chi connectivity index (χ4n) is 2.88. The summed E-state index contributed by atoms with van der Waals surface area (Å²) < 4.78 is 2.02. The van der Waals surface area contributed by atoms with Crippen LogP contribution in [0.25, 0.3) is 11.3 Å². The zero-order chi connectivity index (χ0) is 16.6. The molecule has 23 heavy (non-hydrogen) atoms. The molecule has 1 aliphatic carbocycles. The van der Waals surface area contributed by atoms with E-state index in [1.165, 1.54) is 11.1 Å². The molecule has 3 rings (SSSR count). The summed E-state index contributed by atoms with van der Waals surface area (Å²) in [6.07, 6.45) is 2.22. The van der Waals surface area contributed by atoms with E-state index in [2.05, 4.69) is 57.3 Å². The van der Waals surface area contributed by atoms with Gasteiger partial charge in [0.15, 0.2) is 0 Å². The van der Waals surface area contributed by atoms with Crippen LogP contribution < -0.4 is 10.9 Å². The molecular formula is C20H26N2O. The number of nitrogens with zero attached hydrogens (tertiary/aromatic N) is 1. The largest absolute Gasteiger partial charge is 0.310 e. The lowest BCUT2D eigenvalue weighted by Gasteiger charge is -2.16. The highest BCUT2D eigenvalue weighted by Gasteiger charge is 2.28. The summed E-state index contributed by atoms with van der Waals surface area (Å²) in [5, 5.41) is 3.35. The van der Waals surface area contributed by atoms with E-state index in [1.807, 2.05) is 10.6 Å². The predicted octanol–water partition coefficient (Wildman–Crippen LogP) is 3.97. The van der Waals surface area contributed by atoms with Crippen molar-refractivity contribution >= 4 is 0 Å². The monoisotopic (exact) mass is 310 g/mol. The number of pyridine rings is 1. The summed E-state index contributed by atoms with van der Waals surface area (Å²) in [5.41, 5.74) is 5.76. The molecule has 3 nitrogen and oxygen atoms in total. The van der Waals surface area contributed by atoms with Gasteiger partial charge in [0.2, 0.25) is 0 Å². The van der Waals surface area contributed by atoms with Gasteiger partial charge in [0, 0.05) is 24.2 Å². The normalized spacial score (nSPS) is 14.5. The van der Waals surface area contributed by atoms with Gasteiger partial charge in [-0.2, -0.15) is 0 Å². The van der Waals surface area contributed by atoms with Crippen LogP contribution in [0, 0.1) is 13.8 Å². The summed E-state index contributed by atoms with van der Waals surface area (Å²) >= 11 is 0. The number of hydrogen-bond donors (Lipinski definition) is 1. The van der Waals surface area contributed by atoms with Crippen LogP contribution in [0.15, 0.2) is 35.1 Å². The molecule has 0 spiro atoms. The van der Waals surface area contributed by atoms with Crippen molar-refractivity contribution in [2.24, 2.45) is 0 Å². The average Bonchev–Trinajstić information content (AvgIpc) is 3.33. The Morgan fingerprint density at radius 1 is 1.13 bits per heavy atom. The fourth-order valence-corrected chi connectivity index (χ4v) is 2.88. The highest BCUT2D eigenvalue weighted by molar-refractivity contribution is 5.62. The first-order chi connectivity index (χ1) is 11.0. The van der Waals surface area contributed by atoms with E-state index in [4.69, 9.17) is 0 Å². The smallest absolute Gasteiger partial charge is 0.255 e. The third-order valence-electron chi connectivity index (χ3n) is 4.61. The predicted molar refractivity (Wildman–Crippen MR) is 95.9 cm³/mol. The molecule has 122 valence electrons. The molecule has 0 radical (unpaired) electrons. The van der Waals surface area contributed by atoms with E-state index in [0.29, 0.717) is 18.6 Å².